The van der Waals surface area contributed by atoms with E-state index in [0.29, 0.717) is 23.3 Å². The molecular formula is C18H14N4O3S. The second-order valence-electron chi connectivity index (χ2n) is 6.22. The number of ether oxygens (including phenoxy) is 1. The third-order valence-corrected chi connectivity index (χ3v) is 5.62. The van der Waals surface area contributed by atoms with Crippen LogP contribution < -0.4 is 4.74 Å². The summed E-state index contributed by atoms with van der Waals surface area (Å²) < 4.78 is 12.1. The van der Waals surface area contributed by atoms with Gasteiger partial charge in [0.15, 0.2) is 5.76 Å². The van der Waals surface area contributed by atoms with Gasteiger partial charge in [-0.2, -0.15) is 0 Å². The first kappa shape index (κ1) is 15.3. The second kappa shape index (κ2) is 6.06. The van der Waals surface area contributed by atoms with Crippen LogP contribution in [0.4, 0.5) is 0 Å². The van der Waals surface area contributed by atoms with E-state index < -0.39 is 0 Å². The van der Waals surface area contributed by atoms with Crippen LogP contribution in [0, 0.1) is 0 Å². The van der Waals surface area contributed by atoms with Crippen molar-refractivity contribution >= 4 is 21.6 Å². The number of nitrogens with zero attached hydrogens (tertiary/aromatic N) is 4. The molecule has 0 radical (unpaired) electrons. The van der Waals surface area contributed by atoms with Crippen LogP contribution in [-0.4, -0.2) is 31.3 Å². The highest BCUT2D eigenvalue weighted by Crippen LogP contribution is 2.41. The van der Waals surface area contributed by atoms with Crippen molar-refractivity contribution in [2.45, 2.75) is 24.9 Å². The van der Waals surface area contributed by atoms with Gasteiger partial charge in [0.2, 0.25) is 5.88 Å². The summed E-state index contributed by atoms with van der Waals surface area (Å²) in [5, 5.41) is 13.8. The lowest BCUT2D eigenvalue weighted by atomic mass is 9.83. The summed E-state index contributed by atoms with van der Waals surface area (Å²) in [7, 11) is 0. The van der Waals surface area contributed by atoms with E-state index in [9.17, 15) is 5.11 Å². The van der Waals surface area contributed by atoms with Crippen LogP contribution in [0.15, 0.2) is 47.2 Å². The molecule has 0 bridgehead atoms. The molecule has 1 N–H and O–H groups in total. The molecule has 1 fully saturated rings. The minimum Gasteiger partial charge on any atom is -0.491 e. The van der Waals surface area contributed by atoms with E-state index in [0.717, 1.165) is 18.4 Å². The summed E-state index contributed by atoms with van der Waals surface area (Å²) in [5.41, 5.74) is 1.56. The summed E-state index contributed by atoms with van der Waals surface area (Å²) in [5.74, 6) is 1.10. The van der Waals surface area contributed by atoms with Crippen molar-refractivity contribution in [1.82, 2.24) is 20.1 Å². The average molecular weight is 366 g/mol. The van der Waals surface area contributed by atoms with Gasteiger partial charge in [0, 0.05) is 5.92 Å². The number of hydrogen-bond donors (Lipinski definition) is 1. The van der Waals surface area contributed by atoms with Gasteiger partial charge >= 0.3 is 0 Å². The molecule has 1 aliphatic rings. The zero-order valence-corrected chi connectivity index (χ0v) is 14.4. The minimum atomic E-state index is -0.183. The normalized spacial score (nSPS) is 19.4. The van der Waals surface area contributed by atoms with Gasteiger partial charge in [-0.25, -0.2) is 15.0 Å². The van der Waals surface area contributed by atoms with Gasteiger partial charge in [-0.05, 0) is 30.1 Å². The zero-order valence-electron chi connectivity index (χ0n) is 13.6. The van der Waals surface area contributed by atoms with Crippen LogP contribution >= 0.6 is 11.3 Å². The molecule has 0 saturated heterocycles. The maximum atomic E-state index is 9.21. The van der Waals surface area contributed by atoms with E-state index in [2.05, 4.69) is 21.2 Å². The lowest BCUT2D eigenvalue weighted by molar-refractivity contribution is 0.0931. The number of hydrogen-bond acceptors (Lipinski definition) is 8. The van der Waals surface area contributed by atoms with Crippen LogP contribution in [0.3, 0.4) is 0 Å². The maximum Gasteiger partial charge on any atom is 0.252 e. The minimum absolute atomic E-state index is 0.126. The molecule has 3 heterocycles. The Kier molecular flexibility index (Phi) is 3.56. The summed E-state index contributed by atoms with van der Waals surface area (Å²) >= 11 is 1.76. The van der Waals surface area contributed by atoms with Crippen LogP contribution in [-0.2, 0) is 0 Å². The quantitative estimate of drug-likeness (QED) is 0.587. The molecular weight excluding hydrogens is 352 g/mol. The lowest BCUT2D eigenvalue weighted by Gasteiger charge is -2.33. The average Bonchev–Trinajstić information content (AvgIpc) is 3.24. The highest BCUT2D eigenvalue weighted by molar-refractivity contribution is 7.18. The van der Waals surface area contributed by atoms with Crippen molar-refractivity contribution in [2.24, 2.45) is 0 Å². The van der Waals surface area contributed by atoms with Gasteiger partial charge in [-0.1, -0.05) is 12.1 Å². The van der Waals surface area contributed by atoms with Gasteiger partial charge < -0.3 is 14.4 Å². The maximum absolute atomic E-state index is 9.21. The number of aromatic nitrogens is 4. The fraction of sp³-hybridized carbons (Fsp3) is 0.222. The molecule has 0 unspecified atom stereocenters. The summed E-state index contributed by atoms with van der Waals surface area (Å²) in [4.78, 5) is 13.2. The molecule has 0 spiro atoms. The van der Waals surface area contributed by atoms with Crippen molar-refractivity contribution in [1.29, 1.82) is 0 Å². The Morgan fingerprint density at radius 3 is 2.77 bits per heavy atom. The molecule has 26 heavy (non-hydrogen) atoms. The number of aromatic hydroxyl groups is 1. The topological polar surface area (TPSA) is 94.2 Å². The fourth-order valence-electron chi connectivity index (χ4n) is 2.99. The molecule has 7 nitrogen and oxygen atoms in total. The molecule has 0 aliphatic heterocycles. The summed E-state index contributed by atoms with van der Waals surface area (Å²) in [6.07, 6.45) is 5.08. The first-order chi connectivity index (χ1) is 12.7. The highest BCUT2D eigenvalue weighted by atomic mass is 32.1. The van der Waals surface area contributed by atoms with E-state index in [-0.39, 0.29) is 12.0 Å². The van der Waals surface area contributed by atoms with Crippen molar-refractivity contribution < 1.29 is 14.4 Å². The molecule has 8 heteroatoms. The summed E-state index contributed by atoms with van der Waals surface area (Å²) in [6, 6.07) is 9.60. The van der Waals surface area contributed by atoms with Gasteiger partial charge in [0.1, 0.15) is 11.8 Å². The summed E-state index contributed by atoms with van der Waals surface area (Å²) in [6.45, 7) is 0. The number of para-hydroxylation sites is 1. The van der Waals surface area contributed by atoms with Gasteiger partial charge in [0.25, 0.3) is 5.88 Å². The van der Waals surface area contributed by atoms with Crippen LogP contribution in [0.25, 0.3) is 21.7 Å². The van der Waals surface area contributed by atoms with E-state index in [4.69, 9.17) is 14.2 Å². The van der Waals surface area contributed by atoms with Crippen molar-refractivity contribution in [3.05, 3.63) is 47.7 Å². The van der Waals surface area contributed by atoms with Gasteiger partial charge in [-0.3, -0.25) is 0 Å². The van der Waals surface area contributed by atoms with Gasteiger partial charge in [-0.15, -0.1) is 11.3 Å². The zero-order chi connectivity index (χ0) is 17.5. The van der Waals surface area contributed by atoms with Crippen molar-refractivity contribution in [2.75, 3.05) is 0 Å². The second-order valence-corrected chi connectivity index (χ2v) is 7.28. The first-order valence-electron chi connectivity index (χ1n) is 8.25. The molecule has 1 aliphatic carbocycles. The Hall–Kier alpha value is -3.00. The van der Waals surface area contributed by atoms with Gasteiger partial charge in [0.05, 0.1) is 33.7 Å². The molecule has 1 aromatic carbocycles. The molecule has 130 valence electrons. The highest BCUT2D eigenvalue weighted by Gasteiger charge is 2.34. The van der Waals surface area contributed by atoms with Crippen LogP contribution in [0.5, 0.6) is 11.8 Å². The predicted octanol–water partition coefficient (Wildman–Crippen LogP) is 3.77. The monoisotopic (exact) mass is 366 g/mol. The first-order valence-corrected chi connectivity index (χ1v) is 9.06. The number of benzene rings is 1. The van der Waals surface area contributed by atoms with Crippen molar-refractivity contribution in [3.63, 3.8) is 0 Å². The van der Waals surface area contributed by atoms with E-state index >= 15 is 0 Å². The SMILES string of the molecule is Oc1cc(-c2cnc(O[C@H]3C[C@@H](c4nc5ccccc5s4)C3)cn2)on1. The van der Waals surface area contributed by atoms with E-state index in [1.54, 1.807) is 23.7 Å². The molecule has 0 atom stereocenters. The van der Waals surface area contributed by atoms with E-state index in [1.807, 2.05) is 18.2 Å². The Morgan fingerprint density at radius 1 is 1.15 bits per heavy atom. The third-order valence-electron chi connectivity index (χ3n) is 4.42. The third kappa shape index (κ3) is 2.78. The lowest BCUT2D eigenvalue weighted by Crippen LogP contribution is -2.32. The molecule has 1 saturated carbocycles. The number of fused-ring (bicyclic) bond motifs is 1. The predicted molar refractivity (Wildman–Crippen MR) is 95.2 cm³/mol. The number of rotatable bonds is 4. The smallest absolute Gasteiger partial charge is 0.252 e. The fourth-order valence-corrected chi connectivity index (χ4v) is 4.08. The van der Waals surface area contributed by atoms with Crippen LogP contribution in [0.1, 0.15) is 23.8 Å². The Balaban J connectivity index is 1.22. The molecule has 3 aromatic heterocycles. The largest absolute Gasteiger partial charge is 0.491 e. The Bertz CT molecular complexity index is 1020. The molecule has 4 aromatic rings. The molecule has 5 rings (SSSR count). The van der Waals surface area contributed by atoms with Crippen LogP contribution in [0.2, 0.25) is 0 Å². The number of thiazole rings is 1. The standard InChI is InChI=1S/C18H14N4O3S/c23-16-7-14(25-22-16)13-8-20-17(9-19-13)24-11-5-10(6-11)18-21-12-3-1-2-4-15(12)26-18/h1-4,7-11H,5-6H2,(H,22,23)/t10-,11+. The van der Waals surface area contributed by atoms with E-state index in [1.165, 1.54) is 15.8 Å². The Morgan fingerprint density at radius 2 is 2.04 bits per heavy atom. The van der Waals surface area contributed by atoms with Crippen molar-refractivity contribution in [3.8, 4) is 23.2 Å². The Labute approximate surface area is 152 Å². The molecule has 0 amide bonds.